The molecular weight excluding hydrogens is 214 g/mol. The molecular formula is H4O4TiV2. The minimum absolute atomic E-state index is 0. The van der Waals surface area contributed by atoms with Gasteiger partial charge in [0, 0.05) is 21.7 Å². The van der Waals surface area contributed by atoms with Crippen molar-refractivity contribution in [1.29, 1.82) is 0 Å². The minimum atomic E-state index is 0. The van der Waals surface area contributed by atoms with Gasteiger partial charge in [0.05, 0.1) is 0 Å². The maximum absolute atomic E-state index is 0. The Bertz CT molecular complexity index is 9.65. The molecule has 0 aliphatic rings. The summed E-state index contributed by atoms with van der Waals surface area (Å²) in [4.78, 5) is 0. The molecule has 0 aromatic heterocycles. The maximum Gasteiger partial charge on any atom is 2.00 e. The summed E-state index contributed by atoms with van der Waals surface area (Å²) in [5.41, 5.74) is 0. The molecule has 0 saturated heterocycles. The van der Waals surface area contributed by atoms with E-state index in [1.165, 1.54) is 0 Å². The molecule has 0 aliphatic carbocycles. The Labute approximate surface area is 80.3 Å². The summed E-state index contributed by atoms with van der Waals surface area (Å²) in [6, 6.07) is 0. The van der Waals surface area contributed by atoms with E-state index in [0.717, 1.165) is 0 Å². The fraction of sp³-hybridized carbons (Fsp3) is 0. The molecule has 0 aromatic rings. The largest absolute Gasteiger partial charge is 2.00 e. The van der Waals surface area contributed by atoms with Crippen LogP contribution < -0.4 is 0 Å². The van der Waals surface area contributed by atoms with E-state index in [9.17, 15) is 0 Å². The van der Waals surface area contributed by atoms with Crippen molar-refractivity contribution in [3.8, 4) is 0 Å². The standard InChI is InChI=1S/4H2O.Ti.2V/h4*1H2;;;/q;;;;;2*+2/p-4. The van der Waals surface area contributed by atoms with Gasteiger partial charge in [-0.2, -0.15) is 0 Å². The number of hydrogen-bond donors (Lipinski definition) is 0. The molecule has 0 amide bonds. The Morgan fingerprint density at radius 3 is 0.429 bits per heavy atom. The van der Waals surface area contributed by atoms with E-state index in [4.69, 9.17) is 0 Å². The fourth-order valence-corrected chi connectivity index (χ4v) is 0. The first-order chi connectivity index (χ1) is 0. The molecule has 0 saturated carbocycles. The molecule has 0 heterocycles. The van der Waals surface area contributed by atoms with Gasteiger partial charge in [0.15, 0.2) is 0 Å². The van der Waals surface area contributed by atoms with Gasteiger partial charge < -0.3 is 21.9 Å². The second-order valence-corrected chi connectivity index (χ2v) is 0. The van der Waals surface area contributed by atoms with E-state index in [1.54, 1.807) is 0 Å². The summed E-state index contributed by atoms with van der Waals surface area (Å²) < 4.78 is 0. The van der Waals surface area contributed by atoms with E-state index in [1.807, 2.05) is 0 Å². The SMILES string of the molecule is [OH-].[OH-].[OH-].[OH-].[Ti].[V+2].[V+2]. The zero-order chi connectivity index (χ0) is 0. The van der Waals surface area contributed by atoms with Crippen molar-refractivity contribution in [2.75, 3.05) is 0 Å². The summed E-state index contributed by atoms with van der Waals surface area (Å²) in [5.74, 6) is 0. The van der Waals surface area contributed by atoms with Crippen LogP contribution in [-0.2, 0) is 58.8 Å². The number of rotatable bonds is 0. The van der Waals surface area contributed by atoms with Gasteiger partial charge in [0.25, 0.3) is 0 Å². The molecule has 2 radical (unpaired) electrons. The van der Waals surface area contributed by atoms with Gasteiger partial charge in [-0.1, -0.05) is 0 Å². The van der Waals surface area contributed by atoms with Gasteiger partial charge in [-0.05, 0) is 0 Å². The first kappa shape index (κ1) is 175. The second-order valence-electron chi connectivity index (χ2n) is 0. The summed E-state index contributed by atoms with van der Waals surface area (Å²) >= 11 is 0. The van der Waals surface area contributed by atoms with Crippen LogP contribution in [0.2, 0.25) is 0 Å². The molecule has 0 spiro atoms. The first-order valence-electron chi connectivity index (χ1n) is 0. The van der Waals surface area contributed by atoms with Crippen molar-refractivity contribution >= 4 is 0 Å². The first-order valence-corrected chi connectivity index (χ1v) is 0. The Kier molecular flexibility index (Phi) is 2940. The topological polar surface area (TPSA) is 120 Å². The van der Waals surface area contributed by atoms with E-state index < -0.39 is 0 Å². The van der Waals surface area contributed by atoms with Crippen LogP contribution >= 0.6 is 0 Å². The third-order valence-electron chi connectivity index (χ3n) is 0. The monoisotopic (exact) mass is 218 g/mol. The van der Waals surface area contributed by atoms with Gasteiger partial charge in [0.1, 0.15) is 0 Å². The second kappa shape index (κ2) is 118. The zero-order valence-corrected chi connectivity index (χ0v) is 7.54. The third kappa shape index (κ3) is 85.2. The van der Waals surface area contributed by atoms with Crippen molar-refractivity contribution in [2.24, 2.45) is 0 Å². The van der Waals surface area contributed by atoms with E-state index >= 15 is 0 Å². The van der Waals surface area contributed by atoms with Crippen molar-refractivity contribution in [2.45, 2.75) is 0 Å². The van der Waals surface area contributed by atoms with Gasteiger partial charge in [-0.25, -0.2) is 0 Å². The van der Waals surface area contributed by atoms with E-state index in [2.05, 4.69) is 0 Å². The molecule has 0 rings (SSSR count). The van der Waals surface area contributed by atoms with Crippen LogP contribution in [0, 0.1) is 0 Å². The average Bonchev–Trinajstić information content (AvgIpc) is 0. The van der Waals surface area contributed by atoms with Crippen LogP contribution in [0.1, 0.15) is 0 Å². The summed E-state index contributed by atoms with van der Waals surface area (Å²) in [7, 11) is 0. The molecule has 0 unspecified atom stereocenters. The van der Waals surface area contributed by atoms with Crippen molar-refractivity contribution in [3.63, 3.8) is 0 Å². The smallest absolute Gasteiger partial charge is 0.870 e. The van der Waals surface area contributed by atoms with E-state index in [0.29, 0.717) is 0 Å². The van der Waals surface area contributed by atoms with E-state index in [-0.39, 0.29) is 80.7 Å². The van der Waals surface area contributed by atoms with Crippen LogP contribution in [0.3, 0.4) is 0 Å². The Morgan fingerprint density at radius 1 is 0.429 bits per heavy atom. The molecule has 0 atom stereocenters. The number of hydrogen-bond acceptors (Lipinski definition) is 4. The molecule has 4 nitrogen and oxygen atoms in total. The summed E-state index contributed by atoms with van der Waals surface area (Å²) in [6.07, 6.45) is 0. The Balaban J connectivity index is 0. The molecule has 7 heteroatoms. The summed E-state index contributed by atoms with van der Waals surface area (Å²) in [5, 5.41) is 0. The van der Waals surface area contributed by atoms with Crippen LogP contribution in [0.15, 0.2) is 0 Å². The van der Waals surface area contributed by atoms with Gasteiger partial charge >= 0.3 is 37.1 Å². The maximum atomic E-state index is 0. The van der Waals surface area contributed by atoms with Crippen LogP contribution in [0.5, 0.6) is 0 Å². The third-order valence-corrected chi connectivity index (χ3v) is 0. The molecule has 42 valence electrons. The fourth-order valence-electron chi connectivity index (χ4n) is 0. The molecule has 4 N–H and O–H groups in total. The molecule has 0 aromatic carbocycles. The van der Waals surface area contributed by atoms with Crippen LogP contribution in [-0.4, -0.2) is 21.9 Å². The predicted octanol–water partition coefficient (Wildman–Crippen LogP) is -0.715. The van der Waals surface area contributed by atoms with Crippen molar-refractivity contribution in [1.82, 2.24) is 0 Å². The predicted molar refractivity (Wildman–Crippen MR) is 7.74 cm³/mol. The molecule has 0 fully saturated rings. The van der Waals surface area contributed by atoms with Gasteiger partial charge in [0.2, 0.25) is 0 Å². The zero-order valence-electron chi connectivity index (χ0n) is 3.18. The summed E-state index contributed by atoms with van der Waals surface area (Å²) in [6.45, 7) is 0. The Morgan fingerprint density at radius 2 is 0.429 bits per heavy atom. The van der Waals surface area contributed by atoms with Gasteiger partial charge in [-0.3, -0.25) is 0 Å². The molecule has 0 bridgehead atoms. The Hall–Kier alpha value is 1.72. The van der Waals surface area contributed by atoms with Crippen LogP contribution in [0.25, 0.3) is 0 Å². The molecule has 0 aliphatic heterocycles. The van der Waals surface area contributed by atoms with Crippen LogP contribution in [0.4, 0.5) is 0 Å². The van der Waals surface area contributed by atoms with Gasteiger partial charge in [-0.15, -0.1) is 0 Å². The average molecular weight is 218 g/mol. The van der Waals surface area contributed by atoms with Crippen molar-refractivity contribution in [3.05, 3.63) is 0 Å². The van der Waals surface area contributed by atoms with Crippen molar-refractivity contribution < 1.29 is 80.7 Å². The normalized spacial score (nSPS) is 0. The quantitative estimate of drug-likeness (QED) is 0.498. The molecule has 7 heavy (non-hydrogen) atoms. The minimum Gasteiger partial charge on any atom is -0.870 e.